The number of nitrogens with zero attached hydrogens (tertiary/aromatic N) is 1. The van der Waals surface area contributed by atoms with Gasteiger partial charge in [-0.15, -0.1) is 0 Å². The second kappa shape index (κ2) is 4.56. The first-order valence-electron chi connectivity index (χ1n) is 5.82. The highest BCUT2D eigenvalue weighted by molar-refractivity contribution is 7.92. The summed E-state index contributed by atoms with van der Waals surface area (Å²) in [6, 6.07) is 6.37. The molecule has 5 heteroatoms. The minimum Gasteiger partial charge on any atom is -0.508 e. The van der Waals surface area contributed by atoms with E-state index in [-0.39, 0.29) is 11.5 Å². The number of hydrogen-bond acceptors (Lipinski definition) is 3. The van der Waals surface area contributed by atoms with Crippen molar-refractivity contribution in [1.82, 2.24) is 0 Å². The largest absolute Gasteiger partial charge is 0.508 e. The first kappa shape index (κ1) is 12.2. The zero-order valence-corrected chi connectivity index (χ0v) is 10.7. The monoisotopic (exact) mass is 255 g/mol. The fourth-order valence-corrected chi connectivity index (χ4v) is 3.80. The molecule has 0 saturated heterocycles. The minimum atomic E-state index is -3.26. The van der Waals surface area contributed by atoms with Crippen LogP contribution >= 0.6 is 0 Å². The van der Waals surface area contributed by atoms with Gasteiger partial charge in [0.25, 0.3) is 0 Å². The molecular formula is C12H17NO3S. The molecular weight excluding hydrogens is 238 g/mol. The molecule has 0 atom stereocenters. The predicted molar refractivity (Wildman–Crippen MR) is 67.6 cm³/mol. The summed E-state index contributed by atoms with van der Waals surface area (Å²) in [6.45, 7) is 2.19. The summed E-state index contributed by atoms with van der Waals surface area (Å²) in [7, 11) is -3.26. The molecule has 0 bridgehead atoms. The molecule has 1 aliphatic rings. The molecule has 0 aliphatic heterocycles. The maximum Gasteiger partial charge on any atom is 0.235 e. The lowest BCUT2D eigenvalue weighted by Crippen LogP contribution is -2.33. The molecule has 1 saturated carbocycles. The molecule has 0 aromatic heterocycles. The second-order valence-corrected chi connectivity index (χ2v) is 6.34. The number of aromatic hydroxyl groups is 1. The third-order valence-corrected chi connectivity index (χ3v) is 4.92. The van der Waals surface area contributed by atoms with E-state index in [4.69, 9.17) is 0 Å². The molecule has 2 rings (SSSR count). The Balaban J connectivity index is 2.25. The van der Waals surface area contributed by atoms with Crippen LogP contribution in [0.25, 0.3) is 0 Å². The van der Waals surface area contributed by atoms with Crippen molar-refractivity contribution in [2.45, 2.75) is 19.8 Å². The number of benzene rings is 1. The normalized spacial score (nSPS) is 15.8. The van der Waals surface area contributed by atoms with Gasteiger partial charge < -0.3 is 5.11 Å². The summed E-state index contributed by atoms with van der Waals surface area (Å²) in [5.74, 6) is 0.630. The number of phenols is 1. The standard InChI is InChI=1S/C12H17NO3S/c1-2-13(11-4-3-5-12(14)8-11)17(15,16)9-10-6-7-10/h3-5,8,10,14H,2,6-7,9H2,1H3. The molecule has 1 fully saturated rings. The molecule has 0 spiro atoms. The lowest BCUT2D eigenvalue weighted by molar-refractivity contribution is 0.475. The Labute approximate surface area is 102 Å². The number of sulfonamides is 1. The van der Waals surface area contributed by atoms with Crippen molar-refractivity contribution in [3.8, 4) is 5.75 Å². The summed E-state index contributed by atoms with van der Waals surface area (Å²) in [4.78, 5) is 0. The third-order valence-electron chi connectivity index (χ3n) is 2.88. The van der Waals surface area contributed by atoms with Gasteiger partial charge in [0.05, 0.1) is 11.4 Å². The zero-order valence-electron chi connectivity index (χ0n) is 9.83. The van der Waals surface area contributed by atoms with Crippen LogP contribution in [0.5, 0.6) is 5.75 Å². The van der Waals surface area contributed by atoms with Gasteiger partial charge in [0.15, 0.2) is 0 Å². The van der Waals surface area contributed by atoms with Crippen LogP contribution in [0.3, 0.4) is 0 Å². The smallest absolute Gasteiger partial charge is 0.235 e. The van der Waals surface area contributed by atoms with Gasteiger partial charge in [0, 0.05) is 12.6 Å². The minimum absolute atomic E-state index is 0.0857. The van der Waals surface area contributed by atoms with Crippen LogP contribution in [0.2, 0.25) is 0 Å². The molecule has 4 nitrogen and oxygen atoms in total. The SMILES string of the molecule is CCN(c1cccc(O)c1)S(=O)(=O)CC1CC1. The van der Waals surface area contributed by atoms with Crippen LogP contribution in [0, 0.1) is 5.92 Å². The van der Waals surface area contributed by atoms with E-state index in [2.05, 4.69) is 0 Å². The van der Waals surface area contributed by atoms with Gasteiger partial charge in [-0.3, -0.25) is 4.31 Å². The average molecular weight is 255 g/mol. The Morgan fingerprint density at radius 1 is 1.41 bits per heavy atom. The van der Waals surface area contributed by atoms with Gasteiger partial charge >= 0.3 is 0 Å². The molecule has 0 unspecified atom stereocenters. The van der Waals surface area contributed by atoms with Crippen molar-refractivity contribution in [3.05, 3.63) is 24.3 Å². The van der Waals surface area contributed by atoms with Crippen molar-refractivity contribution in [2.24, 2.45) is 5.92 Å². The number of phenolic OH excluding ortho intramolecular Hbond substituents is 1. The van der Waals surface area contributed by atoms with Crippen molar-refractivity contribution < 1.29 is 13.5 Å². The highest BCUT2D eigenvalue weighted by Crippen LogP contribution is 2.32. The molecule has 1 aromatic rings. The van der Waals surface area contributed by atoms with Crippen LogP contribution < -0.4 is 4.31 Å². The van der Waals surface area contributed by atoms with Crippen LogP contribution in [0.15, 0.2) is 24.3 Å². The molecule has 0 radical (unpaired) electrons. The molecule has 17 heavy (non-hydrogen) atoms. The molecule has 0 amide bonds. The van der Waals surface area contributed by atoms with Crippen molar-refractivity contribution >= 4 is 15.7 Å². The van der Waals surface area contributed by atoms with E-state index >= 15 is 0 Å². The Kier molecular flexibility index (Phi) is 3.28. The van der Waals surface area contributed by atoms with E-state index in [1.54, 1.807) is 19.1 Å². The zero-order chi connectivity index (χ0) is 12.5. The predicted octanol–water partition coefficient (Wildman–Crippen LogP) is 1.96. The highest BCUT2D eigenvalue weighted by atomic mass is 32.2. The van der Waals surface area contributed by atoms with E-state index in [0.717, 1.165) is 12.8 Å². The summed E-state index contributed by atoms with van der Waals surface area (Å²) >= 11 is 0. The van der Waals surface area contributed by atoms with E-state index in [9.17, 15) is 13.5 Å². The average Bonchev–Trinajstić information content (AvgIpc) is 3.01. The Morgan fingerprint density at radius 2 is 2.12 bits per heavy atom. The van der Waals surface area contributed by atoms with E-state index in [1.807, 2.05) is 0 Å². The lowest BCUT2D eigenvalue weighted by Gasteiger charge is -2.22. The maximum absolute atomic E-state index is 12.2. The van der Waals surface area contributed by atoms with Gasteiger partial charge in [-0.25, -0.2) is 8.42 Å². The van der Waals surface area contributed by atoms with E-state index in [1.165, 1.54) is 16.4 Å². The van der Waals surface area contributed by atoms with Gasteiger partial charge in [-0.2, -0.15) is 0 Å². The van der Waals surface area contributed by atoms with Gasteiger partial charge in [0.1, 0.15) is 5.75 Å². The number of hydrogen-bond donors (Lipinski definition) is 1. The number of anilines is 1. The summed E-state index contributed by atoms with van der Waals surface area (Å²) in [5.41, 5.74) is 0.535. The van der Waals surface area contributed by atoms with Crippen molar-refractivity contribution in [2.75, 3.05) is 16.6 Å². The van der Waals surface area contributed by atoms with Crippen molar-refractivity contribution in [3.63, 3.8) is 0 Å². The van der Waals surface area contributed by atoms with E-state index < -0.39 is 10.0 Å². The first-order valence-corrected chi connectivity index (χ1v) is 7.43. The molecule has 1 aromatic carbocycles. The summed E-state index contributed by atoms with van der Waals surface area (Å²) < 4.78 is 25.7. The summed E-state index contributed by atoms with van der Waals surface area (Å²) in [6.07, 6.45) is 2.02. The molecule has 1 N–H and O–H groups in total. The topological polar surface area (TPSA) is 57.6 Å². The maximum atomic E-state index is 12.2. The first-order chi connectivity index (χ1) is 8.03. The molecule has 94 valence electrons. The molecule has 0 heterocycles. The van der Waals surface area contributed by atoms with E-state index in [0.29, 0.717) is 18.2 Å². The fourth-order valence-electron chi connectivity index (χ4n) is 1.86. The quantitative estimate of drug-likeness (QED) is 0.875. The second-order valence-electron chi connectivity index (χ2n) is 4.41. The van der Waals surface area contributed by atoms with Crippen LogP contribution in [-0.2, 0) is 10.0 Å². The van der Waals surface area contributed by atoms with Crippen LogP contribution in [0.1, 0.15) is 19.8 Å². The number of rotatable bonds is 5. The molecule has 1 aliphatic carbocycles. The third kappa shape index (κ3) is 2.91. The lowest BCUT2D eigenvalue weighted by atomic mass is 10.3. The Morgan fingerprint density at radius 3 is 2.65 bits per heavy atom. The Bertz CT molecular complexity index is 494. The highest BCUT2D eigenvalue weighted by Gasteiger charge is 2.31. The summed E-state index contributed by atoms with van der Waals surface area (Å²) in [5, 5.41) is 9.40. The van der Waals surface area contributed by atoms with Gasteiger partial charge in [0.2, 0.25) is 10.0 Å². The van der Waals surface area contributed by atoms with Crippen LogP contribution in [0.4, 0.5) is 5.69 Å². The van der Waals surface area contributed by atoms with Gasteiger partial charge in [-0.05, 0) is 37.8 Å². The van der Waals surface area contributed by atoms with Gasteiger partial charge in [-0.1, -0.05) is 6.07 Å². The Hall–Kier alpha value is -1.23. The van der Waals surface area contributed by atoms with Crippen molar-refractivity contribution in [1.29, 1.82) is 0 Å². The van der Waals surface area contributed by atoms with Crippen LogP contribution in [-0.4, -0.2) is 25.8 Å². The fraction of sp³-hybridized carbons (Fsp3) is 0.500.